The maximum absolute atomic E-state index is 13.0. The fourth-order valence-corrected chi connectivity index (χ4v) is 6.61. The number of benzene rings is 1. The van der Waals surface area contributed by atoms with Crippen molar-refractivity contribution in [2.45, 2.75) is 38.1 Å². The first-order valence-corrected chi connectivity index (χ1v) is 16.2. The van der Waals surface area contributed by atoms with Crippen molar-refractivity contribution in [2.75, 3.05) is 57.1 Å². The zero-order valence-corrected chi connectivity index (χ0v) is 26.7. The van der Waals surface area contributed by atoms with Crippen LogP contribution in [0.15, 0.2) is 60.9 Å². The lowest BCUT2D eigenvalue weighted by molar-refractivity contribution is -0.126. The van der Waals surface area contributed by atoms with E-state index in [1.165, 1.54) is 12.2 Å². The molecule has 1 N–H and O–H groups in total. The van der Waals surface area contributed by atoms with Gasteiger partial charge in [0.05, 0.1) is 18.5 Å². The Morgan fingerprint density at radius 1 is 0.957 bits per heavy atom. The number of nitrogens with zero attached hydrogens (tertiary/aromatic N) is 7. The summed E-state index contributed by atoms with van der Waals surface area (Å²) in [4.78, 5) is 57.9. The third kappa shape index (κ3) is 6.27. The van der Waals surface area contributed by atoms with E-state index in [4.69, 9.17) is 9.72 Å². The predicted octanol–water partition coefficient (Wildman–Crippen LogP) is 4.41. The Kier molecular flexibility index (Phi) is 8.32. The summed E-state index contributed by atoms with van der Waals surface area (Å²) in [7, 11) is 3.53. The van der Waals surface area contributed by atoms with E-state index in [-0.39, 0.29) is 23.6 Å². The molecule has 0 atom stereocenters. The van der Waals surface area contributed by atoms with Gasteiger partial charge in [-0.25, -0.2) is 9.97 Å². The Hall–Kier alpha value is -5.26. The van der Waals surface area contributed by atoms with Crippen molar-refractivity contribution in [2.24, 2.45) is 0 Å². The number of aromatic nitrogens is 4. The van der Waals surface area contributed by atoms with Gasteiger partial charge in [0.1, 0.15) is 22.9 Å². The molecule has 1 aliphatic carbocycles. The first-order chi connectivity index (χ1) is 22.8. The molecular weight excluding hydrogens is 596 g/mol. The fraction of sp³-hybridized carbons (Fsp3) is 0.371. The summed E-state index contributed by atoms with van der Waals surface area (Å²) in [5.41, 5.74) is 3.96. The molecule has 1 saturated carbocycles. The van der Waals surface area contributed by atoms with Gasteiger partial charge in [0, 0.05) is 76.0 Å². The molecule has 0 radical (unpaired) electrons. The minimum atomic E-state index is -0.215. The van der Waals surface area contributed by atoms with E-state index >= 15 is 0 Å². The van der Waals surface area contributed by atoms with Crippen LogP contribution in [0.3, 0.4) is 0 Å². The number of allylic oxidation sites excluding steroid dienone is 1. The van der Waals surface area contributed by atoms with Crippen LogP contribution in [0.1, 0.15) is 58.1 Å². The van der Waals surface area contributed by atoms with Gasteiger partial charge in [0.2, 0.25) is 11.9 Å². The van der Waals surface area contributed by atoms with E-state index in [0.29, 0.717) is 55.8 Å². The molecule has 12 heteroatoms. The number of fused-ring (bicyclic) bond motifs is 2. The highest BCUT2D eigenvalue weighted by Gasteiger charge is 2.27. The Balaban J connectivity index is 0.966. The van der Waals surface area contributed by atoms with Crippen molar-refractivity contribution in [3.63, 3.8) is 0 Å². The van der Waals surface area contributed by atoms with Gasteiger partial charge in [0.15, 0.2) is 5.78 Å². The third-order valence-corrected chi connectivity index (χ3v) is 9.19. The molecular formula is C35H38N8O4. The Morgan fingerprint density at radius 2 is 1.77 bits per heavy atom. The van der Waals surface area contributed by atoms with Crippen LogP contribution in [0.5, 0.6) is 5.75 Å². The smallest absolute Gasteiger partial charge is 0.270 e. The van der Waals surface area contributed by atoms with Crippen LogP contribution in [0.4, 0.5) is 17.5 Å². The van der Waals surface area contributed by atoms with Crippen LogP contribution in [-0.4, -0.2) is 93.8 Å². The van der Waals surface area contributed by atoms with Crippen molar-refractivity contribution in [3.05, 3.63) is 77.8 Å². The lowest BCUT2D eigenvalue weighted by atomic mass is 10.1. The first kappa shape index (κ1) is 30.4. The van der Waals surface area contributed by atoms with Crippen LogP contribution in [0.2, 0.25) is 0 Å². The number of carbonyl (C=O) groups excluding carboxylic acids is 3. The van der Waals surface area contributed by atoms with E-state index in [9.17, 15) is 14.4 Å². The minimum Gasteiger partial charge on any atom is -0.493 e. The van der Waals surface area contributed by atoms with Gasteiger partial charge in [-0.05, 0) is 48.7 Å². The van der Waals surface area contributed by atoms with Crippen LogP contribution >= 0.6 is 0 Å². The van der Waals surface area contributed by atoms with Crippen molar-refractivity contribution in [1.29, 1.82) is 0 Å². The molecule has 3 aliphatic rings. The van der Waals surface area contributed by atoms with E-state index in [0.717, 1.165) is 60.1 Å². The maximum Gasteiger partial charge on any atom is 0.270 e. The second-order valence-corrected chi connectivity index (χ2v) is 12.5. The number of carbonyl (C=O) groups is 3. The van der Waals surface area contributed by atoms with Gasteiger partial charge < -0.3 is 29.3 Å². The standard InChI is InChI=1S/C35H38N8O4/c1-40(2)34(46)28-19-25-21-37-35(39-33(25)43(28)26-5-3-4-6-26)38-31-11-9-27(22-36-31)41-14-16-42(17-15-41)32(45)12-10-29(44)24-8-7-23-13-18-47-30(23)20-24/h7-12,19-22,26H,3-6,13-18H2,1-2H3,(H,36,37,38,39)/b12-10+. The fourth-order valence-electron chi connectivity index (χ4n) is 6.61. The summed E-state index contributed by atoms with van der Waals surface area (Å²) >= 11 is 0. The summed E-state index contributed by atoms with van der Waals surface area (Å²) < 4.78 is 7.65. The van der Waals surface area contributed by atoms with Crippen LogP contribution in [0.25, 0.3) is 11.0 Å². The van der Waals surface area contributed by atoms with Gasteiger partial charge in [-0.2, -0.15) is 4.98 Å². The van der Waals surface area contributed by atoms with Crippen molar-refractivity contribution in [1.82, 2.24) is 29.3 Å². The quantitative estimate of drug-likeness (QED) is 0.222. The molecule has 0 bridgehead atoms. The molecule has 12 nitrogen and oxygen atoms in total. The topological polar surface area (TPSA) is 126 Å². The molecule has 1 aromatic carbocycles. The number of hydrogen-bond acceptors (Lipinski definition) is 9. The highest BCUT2D eigenvalue weighted by atomic mass is 16.5. The summed E-state index contributed by atoms with van der Waals surface area (Å²) in [5, 5.41) is 4.06. The molecule has 3 aromatic heterocycles. The molecule has 47 heavy (non-hydrogen) atoms. The lowest BCUT2D eigenvalue weighted by Gasteiger charge is -2.35. The number of anilines is 3. The van der Waals surface area contributed by atoms with Gasteiger partial charge in [-0.1, -0.05) is 25.0 Å². The van der Waals surface area contributed by atoms with E-state index in [1.807, 2.05) is 24.3 Å². The van der Waals surface area contributed by atoms with E-state index in [2.05, 4.69) is 24.8 Å². The number of rotatable bonds is 8. The highest BCUT2D eigenvalue weighted by Crippen LogP contribution is 2.35. The van der Waals surface area contributed by atoms with Crippen LogP contribution < -0.4 is 15.0 Å². The Morgan fingerprint density at radius 3 is 2.51 bits per heavy atom. The van der Waals surface area contributed by atoms with Crippen molar-refractivity contribution >= 4 is 46.1 Å². The number of piperazine rings is 1. The van der Waals surface area contributed by atoms with Crippen LogP contribution in [0, 0.1) is 0 Å². The molecule has 5 heterocycles. The summed E-state index contributed by atoms with van der Waals surface area (Å²) in [5.74, 6) is 1.34. The van der Waals surface area contributed by atoms with E-state index < -0.39 is 0 Å². The Bertz CT molecular complexity index is 1850. The van der Waals surface area contributed by atoms with Crippen molar-refractivity contribution in [3.8, 4) is 5.75 Å². The van der Waals surface area contributed by atoms with Gasteiger partial charge in [-0.3, -0.25) is 14.4 Å². The Labute approximate surface area is 273 Å². The number of pyridine rings is 1. The largest absolute Gasteiger partial charge is 0.493 e. The van der Waals surface area contributed by atoms with Gasteiger partial charge in [0.25, 0.3) is 5.91 Å². The van der Waals surface area contributed by atoms with Gasteiger partial charge >= 0.3 is 0 Å². The summed E-state index contributed by atoms with van der Waals surface area (Å²) in [6.07, 6.45) is 11.4. The van der Waals surface area contributed by atoms with Crippen molar-refractivity contribution < 1.29 is 19.1 Å². The number of nitrogens with one attached hydrogen (secondary N) is 1. The molecule has 2 amide bonds. The second-order valence-electron chi connectivity index (χ2n) is 12.5. The number of hydrogen-bond donors (Lipinski definition) is 1. The number of ketones is 1. The number of amides is 2. The molecule has 1 saturated heterocycles. The maximum atomic E-state index is 13.0. The molecule has 242 valence electrons. The number of ether oxygens (including phenoxy) is 1. The van der Waals surface area contributed by atoms with Crippen LogP contribution in [-0.2, 0) is 11.2 Å². The average molecular weight is 635 g/mol. The lowest BCUT2D eigenvalue weighted by Crippen LogP contribution is -2.48. The monoisotopic (exact) mass is 634 g/mol. The molecule has 0 unspecified atom stereocenters. The normalized spacial score (nSPS) is 16.5. The first-order valence-electron chi connectivity index (χ1n) is 16.2. The minimum absolute atomic E-state index is 0.0419. The summed E-state index contributed by atoms with van der Waals surface area (Å²) in [6.45, 7) is 3.01. The molecule has 0 spiro atoms. The predicted molar refractivity (Wildman–Crippen MR) is 178 cm³/mol. The molecule has 4 aromatic rings. The third-order valence-electron chi connectivity index (χ3n) is 9.19. The average Bonchev–Trinajstić information content (AvgIpc) is 3.87. The molecule has 2 aliphatic heterocycles. The molecule has 7 rings (SSSR count). The summed E-state index contributed by atoms with van der Waals surface area (Å²) in [6, 6.07) is 11.4. The zero-order valence-electron chi connectivity index (χ0n) is 26.7. The second kappa shape index (κ2) is 12.9. The zero-order chi connectivity index (χ0) is 32.5. The van der Waals surface area contributed by atoms with Gasteiger partial charge in [-0.15, -0.1) is 0 Å². The molecule has 2 fully saturated rings. The van der Waals surface area contributed by atoms with E-state index in [1.54, 1.807) is 48.4 Å². The SMILES string of the molecule is CN(C)C(=O)c1cc2cnc(Nc3ccc(N4CCN(C(=O)/C=C/C(=O)c5ccc6c(c5)OCC6)CC4)cn3)nc2n1C1CCCC1. The highest BCUT2D eigenvalue weighted by molar-refractivity contribution is 6.08.